The molecule has 1 N–H and O–H groups in total. The van der Waals surface area contributed by atoms with Crippen LogP contribution in [0.4, 0.5) is 18.9 Å². The van der Waals surface area contributed by atoms with Crippen LogP contribution in [-0.4, -0.2) is 29.2 Å². The average molecular weight is 329 g/mol. The van der Waals surface area contributed by atoms with Gasteiger partial charge in [-0.25, -0.2) is 0 Å². The van der Waals surface area contributed by atoms with Gasteiger partial charge in [-0.1, -0.05) is 12.1 Å². The molecule has 4 nitrogen and oxygen atoms in total. The molecule has 0 spiro atoms. The number of benzene rings is 1. The zero-order valence-electron chi connectivity index (χ0n) is 12.7. The maximum Gasteiger partial charge on any atom is 0.471 e. The van der Waals surface area contributed by atoms with Crippen molar-refractivity contribution in [3.05, 3.63) is 29.3 Å². The van der Waals surface area contributed by atoms with Gasteiger partial charge >= 0.3 is 18.1 Å². The molecule has 126 valence electrons. The highest BCUT2D eigenvalue weighted by atomic mass is 19.4. The number of hydrogen-bond acceptors (Lipinski definition) is 2. The lowest BCUT2D eigenvalue weighted by molar-refractivity contribution is -0.170. The number of alkyl halides is 3. The minimum absolute atomic E-state index is 0.107. The largest absolute Gasteiger partial charge is 0.481 e. The van der Waals surface area contributed by atoms with Crippen LogP contribution < -0.4 is 4.90 Å². The van der Waals surface area contributed by atoms with Gasteiger partial charge in [0.1, 0.15) is 0 Å². The number of rotatable bonds is 5. The van der Waals surface area contributed by atoms with Crippen LogP contribution in [0, 0.1) is 0 Å². The molecule has 0 bridgehead atoms. The van der Waals surface area contributed by atoms with Crippen molar-refractivity contribution in [3.63, 3.8) is 0 Å². The fourth-order valence-corrected chi connectivity index (χ4v) is 2.89. The van der Waals surface area contributed by atoms with E-state index in [4.69, 9.17) is 5.11 Å². The average Bonchev–Trinajstić information content (AvgIpc) is 2.76. The molecule has 0 aromatic heterocycles. The Labute approximate surface area is 131 Å². The SMILES string of the molecule is CC1Cc2cc(CCCCC(=O)O)ccc2N1C(=O)C(F)(F)F. The lowest BCUT2D eigenvalue weighted by Gasteiger charge is -2.23. The Kier molecular flexibility index (Phi) is 4.97. The van der Waals surface area contributed by atoms with Crippen molar-refractivity contribution in [1.82, 2.24) is 0 Å². The van der Waals surface area contributed by atoms with Crippen molar-refractivity contribution in [3.8, 4) is 0 Å². The topological polar surface area (TPSA) is 57.6 Å². The molecular weight excluding hydrogens is 311 g/mol. The first-order valence-corrected chi connectivity index (χ1v) is 7.44. The second-order valence-corrected chi connectivity index (χ2v) is 5.79. The smallest absolute Gasteiger partial charge is 0.471 e. The Morgan fingerprint density at radius 1 is 1.30 bits per heavy atom. The number of fused-ring (bicyclic) bond motifs is 1. The molecule has 2 rings (SSSR count). The van der Waals surface area contributed by atoms with Crippen LogP contribution in [0.5, 0.6) is 0 Å². The second-order valence-electron chi connectivity index (χ2n) is 5.79. The van der Waals surface area contributed by atoms with E-state index in [1.165, 1.54) is 0 Å². The Balaban J connectivity index is 2.09. The van der Waals surface area contributed by atoms with Gasteiger partial charge in [0.15, 0.2) is 0 Å². The van der Waals surface area contributed by atoms with Gasteiger partial charge < -0.3 is 10.0 Å². The summed E-state index contributed by atoms with van der Waals surface area (Å²) < 4.78 is 38.0. The minimum Gasteiger partial charge on any atom is -0.481 e. The molecule has 1 aliphatic heterocycles. The number of unbranched alkanes of at least 4 members (excludes halogenated alkanes) is 1. The van der Waals surface area contributed by atoms with Crippen LogP contribution in [0.3, 0.4) is 0 Å². The molecule has 7 heteroatoms. The number of carbonyl (C=O) groups is 2. The van der Waals surface area contributed by atoms with Gasteiger partial charge in [0.05, 0.1) is 0 Å². The summed E-state index contributed by atoms with van der Waals surface area (Å²) in [6.07, 6.45) is -2.46. The van der Waals surface area contributed by atoms with Crippen LogP contribution >= 0.6 is 0 Å². The number of halogens is 3. The molecule has 0 radical (unpaired) electrons. The van der Waals surface area contributed by atoms with Gasteiger partial charge in [-0.2, -0.15) is 13.2 Å². The number of carboxylic acid groups (broad SMARTS) is 1. The summed E-state index contributed by atoms with van der Waals surface area (Å²) in [5.41, 5.74) is 1.99. The first-order chi connectivity index (χ1) is 10.7. The second kappa shape index (κ2) is 6.60. The maximum atomic E-state index is 12.7. The highest BCUT2D eigenvalue weighted by Crippen LogP contribution is 2.36. The fraction of sp³-hybridized carbons (Fsp3) is 0.500. The van der Waals surface area contributed by atoms with Gasteiger partial charge in [-0.3, -0.25) is 9.59 Å². The minimum atomic E-state index is -4.88. The number of hydrogen-bond donors (Lipinski definition) is 1. The first-order valence-electron chi connectivity index (χ1n) is 7.44. The fourth-order valence-electron chi connectivity index (χ4n) is 2.89. The molecular formula is C16H18F3NO3. The van der Waals surface area contributed by atoms with Crippen molar-refractivity contribution >= 4 is 17.6 Å². The zero-order valence-corrected chi connectivity index (χ0v) is 12.7. The lowest BCUT2D eigenvalue weighted by Crippen LogP contribution is -2.44. The molecule has 1 aliphatic rings. The molecule has 1 aromatic carbocycles. The van der Waals surface area contributed by atoms with E-state index in [1.807, 2.05) is 6.07 Å². The molecule has 0 saturated heterocycles. The van der Waals surface area contributed by atoms with E-state index in [0.29, 0.717) is 31.4 Å². The maximum absolute atomic E-state index is 12.7. The zero-order chi connectivity index (χ0) is 17.2. The molecule has 1 amide bonds. The van der Waals surface area contributed by atoms with E-state index in [2.05, 4.69) is 0 Å². The van der Waals surface area contributed by atoms with E-state index in [9.17, 15) is 22.8 Å². The predicted molar refractivity (Wildman–Crippen MR) is 78.3 cm³/mol. The summed E-state index contributed by atoms with van der Waals surface area (Å²) >= 11 is 0. The first kappa shape index (κ1) is 17.3. The third kappa shape index (κ3) is 4.03. The van der Waals surface area contributed by atoms with Crippen LogP contribution in [0.15, 0.2) is 18.2 Å². The highest BCUT2D eigenvalue weighted by Gasteiger charge is 2.46. The Bertz CT molecular complexity index is 613. The van der Waals surface area contributed by atoms with Gasteiger partial charge in [0.2, 0.25) is 0 Å². The molecule has 0 fully saturated rings. The quantitative estimate of drug-likeness (QED) is 0.843. The van der Waals surface area contributed by atoms with Crippen molar-refractivity contribution in [1.29, 1.82) is 0 Å². The third-order valence-corrected chi connectivity index (χ3v) is 3.93. The molecule has 1 atom stereocenters. The monoisotopic (exact) mass is 329 g/mol. The normalized spacial score (nSPS) is 17.2. The van der Waals surface area contributed by atoms with E-state index in [1.54, 1.807) is 19.1 Å². The molecule has 23 heavy (non-hydrogen) atoms. The number of carboxylic acids is 1. The van der Waals surface area contributed by atoms with Crippen molar-refractivity contribution < 1.29 is 27.9 Å². The van der Waals surface area contributed by atoms with E-state index in [0.717, 1.165) is 16.0 Å². The van der Waals surface area contributed by atoms with Crippen LogP contribution in [-0.2, 0) is 22.4 Å². The number of aryl methyl sites for hydroxylation is 1. The van der Waals surface area contributed by atoms with Crippen LogP contribution in [0.25, 0.3) is 0 Å². The Morgan fingerprint density at radius 3 is 2.61 bits per heavy atom. The van der Waals surface area contributed by atoms with Crippen molar-refractivity contribution in [2.45, 2.75) is 51.2 Å². The number of aliphatic carboxylic acids is 1. The summed E-state index contributed by atoms with van der Waals surface area (Å²) in [7, 11) is 0. The highest BCUT2D eigenvalue weighted by molar-refractivity contribution is 5.99. The van der Waals surface area contributed by atoms with Crippen LogP contribution in [0.2, 0.25) is 0 Å². The molecule has 0 aliphatic carbocycles. The number of anilines is 1. The van der Waals surface area contributed by atoms with E-state index < -0.39 is 24.1 Å². The standard InChI is InChI=1S/C16H18F3NO3/c1-10-8-12-9-11(4-2-3-5-14(21)22)6-7-13(12)20(10)15(23)16(17,18)19/h6-7,9-10H,2-5,8H2,1H3,(H,21,22). The molecule has 1 heterocycles. The number of nitrogens with zero attached hydrogens (tertiary/aromatic N) is 1. The van der Waals surface area contributed by atoms with E-state index >= 15 is 0 Å². The van der Waals surface area contributed by atoms with Crippen molar-refractivity contribution in [2.24, 2.45) is 0 Å². The molecule has 1 aromatic rings. The lowest BCUT2D eigenvalue weighted by atomic mass is 10.0. The Morgan fingerprint density at radius 2 is 2.00 bits per heavy atom. The van der Waals surface area contributed by atoms with Gasteiger partial charge in [0, 0.05) is 18.2 Å². The van der Waals surface area contributed by atoms with Gasteiger partial charge in [0.25, 0.3) is 0 Å². The summed E-state index contributed by atoms with van der Waals surface area (Å²) in [6, 6.07) is 4.54. The third-order valence-electron chi connectivity index (χ3n) is 3.93. The predicted octanol–water partition coefficient (Wildman–Crippen LogP) is 3.32. The van der Waals surface area contributed by atoms with Crippen molar-refractivity contribution in [2.75, 3.05) is 4.90 Å². The molecule has 1 unspecified atom stereocenters. The summed E-state index contributed by atoms with van der Waals surface area (Å²) in [5.74, 6) is -2.67. The van der Waals surface area contributed by atoms with Gasteiger partial charge in [-0.15, -0.1) is 0 Å². The summed E-state index contributed by atoms with van der Waals surface area (Å²) in [4.78, 5) is 22.8. The van der Waals surface area contributed by atoms with Crippen LogP contribution in [0.1, 0.15) is 37.3 Å². The summed E-state index contributed by atoms with van der Waals surface area (Å²) in [6.45, 7) is 1.59. The summed E-state index contributed by atoms with van der Waals surface area (Å²) in [5, 5.41) is 8.58. The molecule has 0 saturated carbocycles. The Hall–Kier alpha value is -2.05. The van der Waals surface area contributed by atoms with E-state index in [-0.39, 0.29) is 6.42 Å². The number of carbonyl (C=O) groups excluding carboxylic acids is 1. The van der Waals surface area contributed by atoms with Gasteiger partial charge in [-0.05, 0) is 49.8 Å². The number of amides is 1.